The SMILES string of the molecule is CCCC(=O)N1CCCCC1C(=O)NCC(C)(C)N. The van der Waals surface area contributed by atoms with Crippen molar-refractivity contribution >= 4 is 11.8 Å². The van der Waals surface area contributed by atoms with Gasteiger partial charge in [-0.3, -0.25) is 9.59 Å². The molecule has 1 aliphatic heterocycles. The number of likely N-dealkylation sites (tertiary alicyclic amines) is 1. The summed E-state index contributed by atoms with van der Waals surface area (Å²) < 4.78 is 0. The van der Waals surface area contributed by atoms with E-state index in [2.05, 4.69) is 5.32 Å². The minimum atomic E-state index is -0.428. The molecule has 1 atom stereocenters. The number of carbonyl (C=O) groups is 2. The molecule has 1 unspecified atom stereocenters. The van der Waals surface area contributed by atoms with Gasteiger partial charge in [0.2, 0.25) is 11.8 Å². The van der Waals surface area contributed by atoms with E-state index in [1.807, 2.05) is 20.8 Å². The number of piperidine rings is 1. The van der Waals surface area contributed by atoms with Crippen LogP contribution < -0.4 is 11.1 Å². The molecule has 0 aliphatic carbocycles. The maximum atomic E-state index is 12.2. The van der Waals surface area contributed by atoms with Crippen molar-refractivity contribution in [2.75, 3.05) is 13.1 Å². The normalized spacial score (nSPS) is 20.2. The summed E-state index contributed by atoms with van der Waals surface area (Å²) in [6.45, 7) is 6.84. The lowest BCUT2D eigenvalue weighted by molar-refractivity contribution is -0.142. The van der Waals surface area contributed by atoms with Gasteiger partial charge in [-0.05, 0) is 39.5 Å². The average molecular weight is 269 g/mol. The van der Waals surface area contributed by atoms with Gasteiger partial charge < -0.3 is 16.0 Å². The molecule has 1 fully saturated rings. The molecule has 2 amide bonds. The van der Waals surface area contributed by atoms with Crippen molar-refractivity contribution in [1.82, 2.24) is 10.2 Å². The van der Waals surface area contributed by atoms with E-state index in [9.17, 15) is 9.59 Å². The first-order valence-electron chi connectivity index (χ1n) is 7.21. The Morgan fingerprint density at radius 1 is 1.37 bits per heavy atom. The second-order valence-electron chi connectivity index (χ2n) is 6.06. The van der Waals surface area contributed by atoms with Crippen LogP contribution >= 0.6 is 0 Å². The highest BCUT2D eigenvalue weighted by molar-refractivity contribution is 5.87. The van der Waals surface area contributed by atoms with Crippen LogP contribution in [-0.4, -0.2) is 41.4 Å². The van der Waals surface area contributed by atoms with Crippen LogP contribution in [0.5, 0.6) is 0 Å². The van der Waals surface area contributed by atoms with Crippen molar-refractivity contribution in [1.29, 1.82) is 0 Å². The molecular weight excluding hydrogens is 242 g/mol. The summed E-state index contributed by atoms with van der Waals surface area (Å²) in [7, 11) is 0. The molecule has 0 radical (unpaired) electrons. The molecule has 0 saturated carbocycles. The van der Waals surface area contributed by atoms with Crippen molar-refractivity contribution in [2.45, 2.75) is 64.5 Å². The summed E-state index contributed by atoms with van der Waals surface area (Å²) in [4.78, 5) is 26.0. The quantitative estimate of drug-likeness (QED) is 0.782. The highest BCUT2D eigenvalue weighted by atomic mass is 16.2. The first kappa shape index (κ1) is 16.0. The molecule has 0 aromatic heterocycles. The molecule has 0 aromatic rings. The molecule has 5 nitrogen and oxygen atoms in total. The van der Waals surface area contributed by atoms with Crippen molar-refractivity contribution in [2.24, 2.45) is 5.73 Å². The average Bonchev–Trinajstić information content (AvgIpc) is 2.35. The Morgan fingerprint density at radius 3 is 2.63 bits per heavy atom. The van der Waals surface area contributed by atoms with Gasteiger partial charge >= 0.3 is 0 Å². The third kappa shape index (κ3) is 5.19. The lowest BCUT2D eigenvalue weighted by Gasteiger charge is -2.35. The Bertz CT molecular complexity index is 323. The minimum Gasteiger partial charge on any atom is -0.352 e. The first-order chi connectivity index (χ1) is 8.85. The summed E-state index contributed by atoms with van der Waals surface area (Å²) in [5.74, 6) is 0.0250. The molecule has 1 aliphatic rings. The van der Waals surface area contributed by atoms with E-state index >= 15 is 0 Å². The molecule has 0 bridgehead atoms. The van der Waals surface area contributed by atoms with E-state index in [0.717, 1.165) is 25.7 Å². The molecule has 5 heteroatoms. The number of nitrogens with two attached hydrogens (primary N) is 1. The maximum Gasteiger partial charge on any atom is 0.242 e. The molecule has 1 saturated heterocycles. The number of hydrogen-bond donors (Lipinski definition) is 2. The number of nitrogens with zero attached hydrogens (tertiary/aromatic N) is 1. The summed E-state index contributed by atoms with van der Waals surface area (Å²) in [6, 6.07) is -0.310. The molecule has 19 heavy (non-hydrogen) atoms. The fraction of sp³-hybridized carbons (Fsp3) is 0.857. The zero-order chi connectivity index (χ0) is 14.5. The van der Waals surface area contributed by atoms with Crippen LogP contribution in [0, 0.1) is 0 Å². The standard InChI is InChI=1S/C14H27N3O2/c1-4-7-12(18)17-9-6-5-8-11(17)13(19)16-10-14(2,3)15/h11H,4-10,15H2,1-3H3,(H,16,19). The van der Waals surface area contributed by atoms with E-state index in [4.69, 9.17) is 5.73 Å². The van der Waals surface area contributed by atoms with Crippen molar-refractivity contribution in [3.8, 4) is 0 Å². The van der Waals surface area contributed by atoms with Crippen molar-refractivity contribution in [3.63, 3.8) is 0 Å². The predicted octanol–water partition coefficient (Wildman–Crippen LogP) is 1.02. The van der Waals surface area contributed by atoms with Gasteiger partial charge in [0.15, 0.2) is 0 Å². The van der Waals surface area contributed by atoms with E-state index in [1.54, 1.807) is 4.90 Å². The van der Waals surface area contributed by atoms with Gasteiger partial charge in [-0.1, -0.05) is 6.92 Å². The highest BCUT2D eigenvalue weighted by Crippen LogP contribution is 2.18. The van der Waals surface area contributed by atoms with Crippen molar-refractivity contribution < 1.29 is 9.59 Å². The zero-order valence-electron chi connectivity index (χ0n) is 12.4. The Balaban J connectivity index is 2.61. The highest BCUT2D eigenvalue weighted by Gasteiger charge is 2.31. The summed E-state index contributed by atoms with van der Waals surface area (Å²) in [5.41, 5.74) is 5.43. The maximum absolute atomic E-state index is 12.2. The van der Waals surface area contributed by atoms with Gasteiger partial charge in [0, 0.05) is 25.0 Å². The molecule has 0 spiro atoms. The van der Waals surface area contributed by atoms with E-state index < -0.39 is 5.54 Å². The van der Waals surface area contributed by atoms with E-state index in [0.29, 0.717) is 19.5 Å². The number of carbonyl (C=O) groups excluding carboxylic acids is 2. The van der Waals surface area contributed by atoms with Crippen molar-refractivity contribution in [3.05, 3.63) is 0 Å². The number of nitrogens with one attached hydrogen (secondary N) is 1. The van der Waals surface area contributed by atoms with Crippen LogP contribution in [-0.2, 0) is 9.59 Å². The number of hydrogen-bond acceptors (Lipinski definition) is 3. The second-order valence-corrected chi connectivity index (χ2v) is 6.06. The van der Waals surface area contributed by atoms with Gasteiger partial charge in [0.25, 0.3) is 0 Å². The second kappa shape index (κ2) is 6.89. The Morgan fingerprint density at radius 2 is 2.05 bits per heavy atom. The Hall–Kier alpha value is -1.10. The summed E-state index contributed by atoms with van der Waals surface area (Å²) in [5, 5.41) is 2.86. The van der Waals surface area contributed by atoms with Gasteiger partial charge in [0.05, 0.1) is 0 Å². The fourth-order valence-corrected chi connectivity index (χ4v) is 2.29. The predicted molar refractivity (Wildman–Crippen MR) is 75.5 cm³/mol. The monoisotopic (exact) mass is 269 g/mol. The van der Waals surface area contributed by atoms with Gasteiger partial charge in [-0.25, -0.2) is 0 Å². The minimum absolute atomic E-state index is 0.0670. The molecule has 1 heterocycles. The van der Waals surface area contributed by atoms with Gasteiger partial charge in [0.1, 0.15) is 6.04 Å². The van der Waals surface area contributed by atoms with Gasteiger partial charge in [-0.2, -0.15) is 0 Å². The molecule has 110 valence electrons. The van der Waals surface area contributed by atoms with E-state index in [1.165, 1.54) is 0 Å². The lowest BCUT2D eigenvalue weighted by Crippen LogP contribution is -2.54. The summed E-state index contributed by atoms with van der Waals surface area (Å²) >= 11 is 0. The third-order valence-corrected chi connectivity index (χ3v) is 3.31. The molecule has 0 aromatic carbocycles. The Kier molecular flexibility index (Phi) is 5.79. The fourth-order valence-electron chi connectivity index (χ4n) is 2.29. The van der Waals surface area contributed by atoms with E-state index in [-0.39, 0.29) is 17.9 Å². The summed E-state index contributed by atoms with van der Waals surface area (Å²) in [6.07, 6.45) is 4.08. The molecule has 3 N–H and O–H groups in total. The topological polar surface area (TPSA) is 75.4 Å². The molecular formula is C14H27N3O2. The largest absolute Gasteiger partial charge is 0.352 e. The van der Waals surface area contributed by atoms with Crippen LogP contribution in [0.2, 0.25) is 0 Å². The number of rotatable bonds is 5. The number of amides is 2. The van der Waals surface area contributed by atoms with Crippen LogP contribution in [0.3, 0.4) is 0 Å². The zero-order valence-corrected chi connectivity index (χ0v) is 12.4. The van der Waals surface area contributed by atoms with Crippen LogP contribution in [0.4, 0.5) is 0 Å². The smallest absolute Gasteiger partial charge is 0.242 e. The molecule has 1 rings (SSSR count). The third-order valence-electron chi connectivity index (χ3n) is 3.31. The van der Waals surface area contributed by atoms with Gasteiger partial charge in [-0.15, -0.1) is 0 Å². The Labute approximate surface area is 115 Å². The first-order valence-corrected chi connectivity index (χ1v) is 7.21. The van der Waals surface area contributed by atoms with Crippen LogP contribution in [0.1, 0.15) is 52.9 Å². The van der Waals surface area contributed by atoms with Crippen LogP contribution in [0.15, 0.2) is 0 Å². The van der Waals surface area contributed by atoms with Crippen LogP contribution in [0.25, 0.3) is 0 Å². The lowest BCUT2D eigenvalue weighted by atomic mass is 10.00.